The van der Waals surface area contributed by atoms with Crippen molar-refractivity contribution in [2.45, 2.75) is 24.6 Å². The molecule has 0 aliphatic carbocycles. The van der Waals surface area contributed by atoms with E-state index in [-0.39, 0.29) is 39.7 Å². The minimum Gasteiger partial charge on any atom is -0.378 e. The molecule has 0 amide bonds. The first kappa shape index (κ1) is 22.1. The van der Waals surface area contributed by atoms with E-state index in [9.17, 15) is 17.2 Å². The van der Waals surface area contributed by atoms with E-state index < -0.39 is 27.7 Å². The standard InChI is InChI=1S/C18H18ClF2N5O3S/c1-9-12(20)5-6-15(23-9)25-16(10-3-4-13(21)11(19)7-10)17-24-14(8-29-2)18(26-17)30(22,27)28/h3-7,16H,8H2,1-2H3,(H,23,25)(H,24,26)(H2,22,27,28)/t16-/m1/s1. The summed E-state index contributed by atoms with van der Waals surface area (Å²) in [6.45, 7) is 1.40. The van der Waals surface area contributed by atoms with Gasteiger partial charge in [0.05, 0.1) is 23.0 Å². The molecule has 0 fully saturated rings. The highest BCUT2D eigenvalue weighted by Crippen LogP contribution is 2.29. The van der Waals surface area contributed by atoms with E-state index in [1.54, 1.807) is 0 Å². The van der Waals surface area contributed by atoms with Gasteiger partial charge in [0.1, 0.15) is 29.3 Å². The molecule has 2 aromatic heterocycles. The van der Waals surface area contributed by atoms with Crippen molar-refractivity contribution in [3.63, 3.8) is 0 Å². The number of imidazole rings is 1. The Morgan fingerprint density at radius 1 is 1.23 bits per heavy atom. The van der Waals surface area contributed by atoms with E-state index in [1.165, 1.54) is 38.3 Å². The van der Waals surface area contributed by atoms with Gasteiger partial charge in [0.2, 0.25) is 0 Å². The van der Waals surface area contributed by atoms with Crippen molar-refractivity contribution in [2.75, 3.05) is 12.4 Å². The summed E-state index contributed by atoms with van der Waals surface area (Å²) in [4.78, 5) is 11.1. The van der Waals surface area contributed by atoms with Crippen molar-refractivity contribution >= 4 is 27.4 Å². The maximum atomic E-state index is 13.7. The quantitative estimate of drug-likeness (QED) is 0.501. The normalized spacial score (nSPS) is 12.7. The molecule has 8 nitrogen and oxygen atoms in total. The second-order valence-corrected chi connectivity index (χ2v) is 8.28. The van der Waals surface area contributed by atoms with Gasteiger partial charge in [0, 0.05) is 7.11 Å². The molecule has 160 valence electrons. The lowest BCUT2D eigenvalue weighted by Gasteiger charge is -2.19. The van der Waals surface area contributed by atoms with Crippen LogP contribution in [0.3, 0.4) is 0 Å². The summed E-state index contributed by atoms with van der Waals surface area (Å²) >= 11 is 5.92. The Labute approximate surface area is 176 Å². The number of aromatic amines is 1. The number of nitrogens with zero attached hydrogens (tertiary/aromatic N) is 2. The second-order valence-electron chi connectivity index (χ2n) is 6.40. The molecule has 0 aliphatic heterocycles. The third-order valence-corrected chi connectivity index (χ3v) is 5.35. The van der Waals surface area contributed by atoms with Crippen molar-refractivity contribution < 1.29 is 21.9 Å². The average Bonchev–Trinajstić information content (AvgIpc) is 3.09. The predicted molar refractivity (Wildman–Crippen MR) is 106 cm³/mol. The molecule has 0 radical (unpaired) electrons. The van der Waals surface area contributed by atoms with E-state index in [0.29, 0.717) is 5.56 Å². The number of benzene rings is 1. The summed E-state index contributed by atoms with van der Waals surface area (Å²) in [6.07, 6.45) is 0. The molecule has 1 atom stereocenters. The fourth-order valence-electron chi connectivity index (χ4n) is 2.80. The number of pyridine rings is 1. The van der Waals surface area contributed by atoms with Crippen LogP contribution >= 0.6 is 11.6 Å². The zero-order valence-corrected chi connectivity index (χ0v) is 17.5. The Bertz CT molecular complexity index is 1190. The maximum Gasteiger partial charge on any atom is 0.257 e. The maximum absolute atomic E-state index is 13.7. The average molecular weight is 458 g/mol. The lowest BCUT2D eigenvalue weighted by atomic mass is 10.1. The summed E-state index contributed by atoms with van der Waals surface area (Å²) in [5.74, 6) is -0.697. The van der Waals surface area contributed by atoms with Crippen LogP contribution in [0.1, 0.15) is 28.8 Å². The van der Waals surface area contributed by atoms with Crippen molar-refractivity contribution in [1.29, 1.82) is 0 Å². The first-order chi connectivity index (χ1) is 14.1. The molecule has 1 aromatic carbocycles. The van der Waals surface area contributed by atoms with Gasteiger partial charge in [-0.05, 0) is 36.8 Å². The Hall–Kier alpha value is -2.60. The highest BCUT2D eigenvalue weighted by molar-refractivity contribution is 7.89. The van der Waals surface area contributed by atoms with Crippen LogP contribution in [0.2, 0.25) is 5.02 Å². The van der Waals surface area contributed by atoms with Gasteiger partial charge in [0.15, 0.2) is 5.03 Å². The molecule has 4 N–H and O–H groups in total. The van der Waals surface area contributed by atoms with E-state index in [4.69, 9.17) is 21.5 Å². The van der Waals surface area contributed by atoms with Gasteiger partial charge in [-0.2, -0.15) is 0 Å². The Kier molecular flexibility index (Phi) is 6.36. The monoisotopic (exact) mass is 457 g/mol. The number of hydrogen-bond acceptors (Lipinski definition) is 6. The highest BCUT2D eigenvalue weighted by Gasteiger charge is 2.26. The molecule has 0 aliphatic rings. The Morgan fingerprint density at radius 2 is 1.93 bits per heavy atom. The number of aromatic nitrogens is 3. The number of hydrogen-bond donors (Lipinski definition) is 3. The number of rotatable bonds is 7. The first-order valence-electron chi connectivity index (χ1n) is 8.55. The third-order valence-electron chi connectivity index (χ3n) is 4.18. The second kappa shape index (κ2) is 8.64. The van der Waals surface area contributed by atoms with Gasteiger partial charge in [-0.3, -0.25) is 0 Å². The van der Waals surface area contributed by atoms with E-state index >= 15 is 0 Å². The minimum atomic E-state index is -4.15. The third kappa shape index (κ3) is 4.75. The molecular formula is C18H18ClF2N5O3S. The van der Waals surface area contributed by atoms with Crippen LogP contribution in [0.5, 0.6) is 0 Å². The lowest BCUT2D eigenvalue weighted by molar-refractivity contribution is 0.179. The van der Waals surface area contributed by atoms with Crippen molar-refractivity contribution in [3.05, 3.63) is 69.8 Å². The molecule has 3 aromatic rings. The molecule has 0 bridgehead atoms. The number of H-pyrrole nitrogens is 1. The van der Waals surface area contributed by atoms with Gasteiger partial charge in [-0.1, -0.05) is 17.7 Å². The van der Waals surface area contributed by atoms with Crippen LogP contribution < -0.4 is 10.5 Å². The molecule has 2 heterocycles. The van der Waals surface area contributed by atoms with E-state index in [2.05, 4.69) is 20.3 Å². The smallest absolute Gasteiger partial charge is 0.257 e. The van der Waals surface area contributed by atoms with Crippen LogP contribution in [0.15, 0.2) is 35.4 Å². The van der Waals surface area contributed by atoms with Crippen LogP contribution in [0.4, 0.5) is 14.6 Å². The van der Waals surface area contributed by atoms with Crippen molar-refractivity contribution in [2.24, 2.45) is 5.14 Å². The number of anilines is 1. The summed E-state index contributed by atoms with van der Waals surface area (Å²) in [5.41, 5.74) is 0.739. The fraction of sp³-hybridized carbons (Fsp3) is 0.222. The summed E-state index contributed by atoms with van der Waals surface area (Å²) < 4.78 is 56.1. The van der Waals surface area contributed by atoms with E-state index in [0.717, 1.165) is 6.07 Å². The number of aryl methyl sites for hydroxylation is 1. The largest absolute Gasteiger partial charge is 0.378 e. The van der Waals surface area contributed by atoms with Gasteiger partial charge < -0.3 is 15.0 Å². The topological polar surface area (TPSA) is 123 Å². The molecule has 12 heteroatoms. The molecule has 3 rings (SSSR count). The highest BCUT2D eigenvalue weighted by atomic mass is 35.5. The van der Waals surface area contributed by atoms with Gasteiger partial charge >= 0.3 is 0 Å². The molecule has 0 unspecified atom stereocenters. The molecule has 0 spiro atoms. The number of nitrogens with one attached hydrogen (secondary N) is 2. The number of primary sulfonamides is 1. The van der Waals surface area contributed by atoms with Gasteiger partial charge in [-0.15, -0.1) is 0 Å². The Morgan fingerprint density at radius 3 is 2.53 bits per heavy atom. The zero-order valence-electron chi connectivity index (χ0n) is 15.9. The fourth-order valence-corrected chi connectivity index (χ4v) is 3.67. The molecule has 30 heavy (non-hydrogen) atoms. The van der Waals surface area contributed by atoms with Crippen molar-refractivity contribution in [1.82, 2.24) is 15.0 Å². The number of nitrogens with two attached hydrogens (primary N) is 1. The van der Waals surface area contributed by atoms with Crippen LogP contribution in [0.25, 0.3) is 0 Å². The van der Waals surface area contributed by atoms with Crippen LogP contribution in [0, 0.1) is 18.6 Å². The number of halogens is 3. The number of methoxy groups -OCH3 is 1. The molecular weight excluding hydrogens is 440 g/mol. The van der Waals surface area contributed by atoms with Crippen LogP contribution in [-0.4, -0.2) is 30.5 Å². The molecule has 0 saturated heterocycles. The predicted octanol–water partition coefficient (Wildman–Crippen LogP) is 3.04. The molecule has 0 saturated carbocycles. The number of ether oxygens (including phenoxy) is 1. The summed E-state index contributed by atoms with van der Waals surface area (Å²) in [7, 11) is -2.77. The first-order valence-corrected chi connectivity index (χ1v) is 10.5. The lowest BCUT2D eigenvalue weighted by Crippen LogP contribution is -2.17. The zero-order chi connectivity index (χ0) is 22.1. The SMILES string of the molecule is COCc1[nH]c([C@H](Nc2ccc(F)c(C)n2)c2ccc(F)c(Cl)c2)nc1S(N)(=O)=O. The summed E-state index contributed by atoms with van der Waals surface area (Å²) in [5, 5.41) is 7.77. The Balaban J connectivity index is 2.13. The van der Waals surface area contributed by atoms with Gasteiger partial charge in [-0.25, -0.2) is 32.3 Å². The van der Waals surface area contributed by atoms with Crippen LogP contribution in [-0.2, 0) is 21.4 Å². The minimum absolute atomic E-state index is 0.0937. The summed E-state index contributed by atoms with van der Waals surface area (Å²) in [6, 6.07) is 5.76. The van der Waals surface area contributed by atoms with Gasteiger partial charge in [0.25, 0.3) is 10.0 Å². The van der Waals surface area contributed by atoms with E-state index in [1.807, 2.05) is 0 Å². The van der Waals surface area contributed by atoms with Crippen molar-refractivity contribution in [3.8, 4) is 0 Å². The number of sulfonamides is 1.